The zero-order valence-corrected chi connectivity index (χ0v) is 11.3. The summed E-state index contributed by atoms with van der Waals surface area (Å²) in [7, 11) is 0. The summed E-state index contributed by atoms with van der Waals surface area (Å²) in [5.41, 5.74) is 0.121. The predicted octanol–water partition coefficient (Wildman–Crippen LogP) is 2.28. The van der Waals surface area contributed by atoms with Crippen molar-refractivity contribution in [3.05, 3.63) is 21.3 Å². The van der Waals surface area contributed by atoms with Crippen LogP contribution in [0.15, 0.2) is 12.1 Å². The highest BCUT2D eigenvalue weighted by atomic mass is 35.5. The lowest BCUT2D eigenvalue weighted by Crippen LogP contribution is -2.35. The summed E-state index contributed by atoms with van der Waals surface area (Å²) in [6.45, 7) is 3.53. The number of rotatable bonds is 6. The molecule has 0 bridgehead atoms. The van der Waals surface area contributed by atoms with Gasteiger partial charge in [-0.25, -0.2) is 0 Å². The lowest BCUT2D eigenvalue weighted by Gasteiger charge is -2.26. The van der Waals surface area contributed by atoms with Gasteiger partial charge in [-0.1, -0.05) is 11.6 Å². The monoisotopic (exact) mass is 275 g/mol. The summed E-state index contributed by atoms with van der Waals surface area (Å²) in [6.07, 6.45) is 1.84. The summed E-state index contributed by atoms with van der Waals surface area (Å²) in [5, 5.41) is 12.6. The van der Waals surface area contributed by atoms with Gasteiger partial charge in [0.05, 0.1) is 10.9 Å². The molecule has 1 atom stereocenters. The van der Waals surface area contributed by atoms with Crippen molar-refractivity contribution in [3.8, 4) is 0 Å². The minimum atomic E-state index is 0.121. The number of halogens is 1. The van der Waals surface area contributed by atoms with E-state index in [0.29, 0.717) is 0 Å². The van der Waals surface area contributed by atoms with Gasteiger partial charge in [0.1, 0.15) is 0 Å². The summed E-state index contributed by atoms with van der Waals surface area (Å²) >= 11 is 7.49. The minimum absolute atomic E-state index is 0.121. The fraction of sp³-hybridized carbons (Fsp3) is 0.667. The van der Waals surface area contributed by atoms with Crippen molar-refractivity contribution in [3.63, 3.8) is 0 Å². The van der Waals surface area contributed by atoms with Crippen LogP contribution in [0.2, 0.25) is 4.34 Å². The van der Waals surface area contributed by atoms with Gasteiger partial charge in [0, 0.05) is 36.6 Å². The summed E-state index contributed by atoms with van der Waals surface area (Å²) < 4.78 is 6.28. The Labute approximate surface area is 111 Å². The maximum Gasteiger partial charge on any atom is 0.0931 e. The Kier molecular flexibility index (Phi) is 4.82. The molecular weight excluding hydrogens is 258 g/mol. The quantitative estimate of drug-likeness (QED) is 0.837. The highest BCUT2D eigenvalue weighted by molar-refractivity contribution is 7.16. The van der Waals surface area contributed by atoms with E-state index >= 15 is 0 Å². The molecule has 1 aliphatic rings. The second-order valence-corrected chi connectivity index (χ2v) is 6.39. The SMILES string of the molecule is OCCC1(CNCc2ccc(Cl)s2)CCOC1. The molecule has 0 radical (unpaired) electrons. The molecule has 2 heterocycles. The molecule has 17 heavy (non-hydrogen) atoms. The fourth-order valence-electron chi connectivity index (χ4n) is 2.21. The van der Waals surface area contributed by atoms with Crippen LogP contribution < -0.4 is 5.32 Å². The molecule has 0 spiro atoms. The molecule has 1 saturated heterocycles. The Morgan fingerprint density at radius 1 is 1.53 bits per heavy atom. The van der Waals surface area contributed by atoms with Gasteiger partial charge in [-0.2, -0.15) is 0 Å². The summed E-state index contributed by atoms with van der Waals surface area (Å²) in [6, 6.07) is 3.97. The van der Waals surface area contributed by atoms with Gasteiger partial charge in [-0.15, -0.1) is 11.3 Å². The third-order valence-corrected chi connectivity index (χ3v) is 4.49. The van der Waals surface area contributed by atoms with E-state index in [1.165, 1.54) is 4.88 Å². The fourth-order valence-corrected chi connectivity index (χ4v) is 3.27. The molecule has 1 aliphatic heterocycles. The van der Waals surface area contributed by atoms with Gasteiger partial charge in [0.2, 0.25) is 0 Å². The molecule has 5 heteroatoms. The molecule has 1 aromatic heterocycles. The molecule has 1 unspecified atom stereocenters. The van der Waals surface area contributed by atoms with Crippen molar-refractivity contribution in [2.45, 2.75) is 19.4 Å². The zero-order chi connectivity index (χ0) is 12.1. The van der Waals surface area contributed by atoms with Gasteiger partial charge >= 0.3 is 0 Å². The Balaban J connectivity index is 1.79. The smallest absolute Gasteiger partial charge is 0.0931 e. The van der Waals surface area contributed by atoms with E-state index in [9.17, 15) is 0 Å². The lowest BCUT2D eigenvalue weighted by molar-refractivity contribution is 0.124. The van der Waals surface area contributed by atoms with Crippen LogP contribution in [0.1, 0.15) is 17.7 Å². The molecule has 2 rings (SSSR count). The maximum absolute atomic E-state index is 9.11. The van der Waals surface area contributed by atoms with Crippen LogP contribution >= 0.6 is 22.9 Å². The normalized spacial score (nSPS) is 24.4. The van der Waals surface area contributed by atoms with Crippen molar-refractivity contribution in [2.24, 2.45) is 5.41 Å². The van der Waals surface area contributed by atoms with Crippen molar-refractivity contribution in [2.75, 3.05) is 26.4 Å². The van der Waals surface area contributed by atoms with Crippen LogP contribution in [0.25, 0.3) is 0 Å². The molecule has 0 aliphatic carbocycles. The zero-order valence-electron chi connectivity index (χ0n) is 9.75. The van der Waals surface area contributed by atoms with E-state index < -0.39 is 0 Å². The van der Waals surface area contributed by atoms with Crippen molar-refractivity contribution < 1.29 is 9.84 Å². The summed E-state index contributed by atoms with van der Waals surface area (Å²) in [5.74, 6) is 0. The first kappa shape index (κ1) is 13.3. The average Bonchev–Trinajstić information content (AvgIpc) is 2.90. The molecule has 0 amide bonds. The van der Waals surface area contributed by atoms with Crippen LogP contribution in [0.4, 0.5) is 0 Å². The van der Waals surface area contributed by atoms with Crippen molar-refractivity contribution in [1.29, 1.82) is 0 Å². The number of thiophene rings is 1. The number of aliphatic hydroxyl groups excluding tert-OH is 1. The molecule has 0 saturated carbocycles. The first-order chi connectivity index (χ1) is 8.24. The van der Waals surface area contributed by atoms with Crippen LogP contribution in [0, 0.1) is 5.41 Å². The van der Waals surface area contributed by atoms with Gasteiger partial charge in [-0.3, -0.25) is 0 Å². The van der Waals surface area contributed by atoms with Crippen LogP contribution in [-0.4, -0.2) is 31.5 Å². The van der Waals surface area contributed by atoms with Gasteiger partial charge < -0.3 is 15.2 Å². The minimum Gasteiger partial charge on any atom is -0.396 e. The molecule has 96 valence electrons. The Morgan fingerprint density at radius 2 is 2.41 bits per heavy atom. The first-order valence-corrected chi connectivity index (χ1v) is 7.07. The average molecular weight is 276 g/mol. The first-order valence-electron chi connectivity index (χ1n) is 5.88. The molecule has 0 aromatic carbocycles. The van der Waals surface area contributed by atoms with Gasteiger partial charge in [-0.05, 0) is 25.0 Å². The maximum atomic E-state index is 9.11. The third-order valence-electron chi connectivity index (χ3n) is 3.26. The molecule has 1 aromatic rings. The van der Waals surface area contributed by atoms with Gasteiger partial charge in [0.25, 0.3) is 0 Å². The van der Waals surface area contributed by atoms with Gasteiger partial charge in [0.15, 0.2) is 0 Å². The number of hydrogen-bond donors (Lipinski definition) is 2. The highest BCUT2D eigenvalue weighted by Gasteiger charge is 2.33. The van der Waals surface area contributed by atoms with E-state index in [1.54, 1.807) is 11.3 Å². The topological polar surface area (TPSA) is 41.5 Å². The Hall–Kier alpha value is -0.130. The number of ether oxygens (including phenoxy) is 1. The number of aliphatic hydroxyl groups is 1. The Bertz CT molecular complexity index is 350. The standard InChI is InChI=1S/C12H18ClNO2S/c13-11-2-1-10(17-11)7-14-8-12(3-5-15)4-6-16-9-12/h1-2,14-15H,3-9H2. The van der Waals surface area contributed by atoms with Crippen molar-refractivity contribution in [1.82, 2.24) is 5.32 Å². The molecular formula is C12H18ClNO2S. The van der Waals surface area contributed by atoms with E-state index in [4.69, 9.17) is 21.4 Å². The second kappa shape index (κ2) is 6.16. The van der Waals surface area contributed by atoms with E-state index in [1.807, 2.05) is 12.1 Å². The van der Waals surface area contributed by atoms with E-state index in [0.717, 1.165) is 43.5 Å². The molecule has 2 N–H and O–H groups in total. The van der Waals surface area contributed by atoms with E-state index in [2.05, 4.69) is 5.32 Å². The number of hydrogen-bond acceptors (Lipinski definition) is 4. The van der Waals surface area contributed by atoms with Crippen molar-refractivity contribution >= 4 is 22.9 Å². The second-order valence-electron chi connectivity index (χ2n) is 4.59. The molecule has 1 fully saturated rings. The number of nitrogens with one attached hydrogen (secondary N) is 1. The third kappa shape index (κ3) is 3.66. The highest BCUT2D eigenvalue weighted by Crippen LogP contribution is 2.31. The van der Waals surface area contributed by atoms with E-state index in [-0.39, 0.29) is 12.0 Å². The summed E-state index contributed by atoms with van der Waals surface area (Å²) in [4.78, 5) is 1.24. The largest absolute Gasteiger partial charge is 0.396 e. The Morgan fingerprint density at radius 3 is 3.00 bits per heavy atom. The van der Waals surface area contributed by atoms with Crippen LogP contribution in [0.5, 0.6) is 0 Å². The predicted molar refractivity (Wildman–Crippen MR) is 70.6 cm³/mol. The molecule has 3 nitrogen and oxygen atoms in total. The van der Waals surface area contributed by atoms with Crippen LogP contribution in [-0.2, 0) is 11.3 Å². The lowest BCUT2D eigenvalue weighted by atomic mass is 9.84. The van der Waals surface area contributed by atoms with Crippen LogP contribution in [0.3, 0.4) is 0 Å².